The Morgan fingerprint density at radius 3 is 3.07 bits per heavy atom. The van der Waals surface area contributed by atoms with Crippen LogP contribution in [0.25, 0.3) is 0 Å². The van der Waals surface area contributed by atoms with Crippen LogP contribution in [0.4, 0.5) is 0 Å². The molecule has 1 rings (SSSR count). The van der Waals surface area contributed by atoms with Crippen LogP contribution in [0.15, 0.2) is 16.1 Å². The minimum atomic E-state index is -0.717. The van der Waals surface area contributed by atoms with Crippen molar-refractivity contribution in [1.82, 2.24) is 0 Å². The van der Waals surface area contributed by atoms with Gasteiger partial charge in [0.15, 0.2) is 0 Å². The molecule has 78 valence electrons. The Morgan fingerprint density at radius 2 is 2.43 bits per heavy atom. The van der Waals surface area contributed by atoms with E-state index in [-0.39, 0.29) is 6.42 Å². The van der Waals surface area contributed by atoms with Crippen LogP contribution >= 0.6 is 21.6 Å². The molecule has 1 heterocycles. The molecule has 5 heteroatoms. The molecule has 0 aromatic heterocycles. The van der Waals surface area contributed by atoms with E-state index in [0.29, 0.717) is 0 Å². The van der Waals surface area contributed by atoms with Crippen LogP contribution < -0.4 is 0 Å². The molecule has 0 radical (unpaired) electrons. The first-order chi connectivity index (χ1) is 6.79. The van der Waals surface area contributed by atoms with Crippen molar-refractivity contribution in [3.63, 3.8) is 0 Å². The van der Waals surface area contributed by atoms with E-state index in [1.165, 1.54) is 0 Å². The number of hydrogen-bond donors (Lipinski definition) is 1. The van der Waals surface area contributed by atoms with E-state index >= 15 is 0 Å². The highest BCUT2D eigenvalue weighted by Gasteiger charge is 2.01. The fourth-order valence-corrected chi connectivity index (χ4v) is 3.00. The van der Waals surface area contributed by atoms with E-state index in [0.717, 1.165) is 30.0 Å². The summed E-state index contributed by atoms with van der Waals surface area (Å²) in [5.41, 5.74) is 0. The largest absolute Gasteiger partial charge is 0.481 e. The summed E-state index contributed by atoms with van der Waals surface area (Å²) >= 11 is 0. The first kappa shape index (κ1) is 11.7. The van der Waals surface area contributed by atoms with Crippen molar-refractivity contribution in [3.05, 3.63) is 11.1 Å². The van der Waals surface area contributed by atoms with Gasteiger partial charge in [0.1, 0.15) is 5.03 Å². The maximum Gasteiger partial charge on any atom is 0.303 e. The van der Waals surface area contributed by atoms with Crippen molar-refractivity contribution in [2.45, 2.75) is 25.7 Å². The van der Waals surface area contributed by atoms with Crippen LogP contribution in [0.2, 0.25) is 0 Å². The molecule has 0 bridgehead atoms. The average Bonchev–Trinajstić information content (AvgIpc) is 2.18. The summed E-state index contributed by atoms with van der Waals surface area (Å²) in [6, 6.07) is 0. The van der Waals surface area contributed by atoms with Crippen LogP contribution in [0.3, 0.4) is 0 Å². The molecule has 0 atom stereocenters. The lowest BCUT2D eigenvalue weighted by Gasteiger charge is -2.04. The summed E-state index contributed by atoms with van der Waals surface area (Å²) in [4.78, 5) is 14.4. The summed E-state index contributed by atoms with van der Waals surface area (Å²) in [6.45, 7) is 0. The molecule has 0 aromatic carbocycles. The lowest BCUT2D eigenvalue weighted by molar-refractivity contribution is -0.137. The first-order valence-electron chi connectivity index (χ1n) is 4.53. The number of carboxylic acid groups (broad SMARTS) is 1. The van der Waals surface area contributed by atoms with Gasteiger partial charge in [-0.1, -0.05) is 16.9 Å². The van der Waals surface area contributed by atoms with Crippen LogP contribution in [0.5, 0.6) is 0 Å². The van der Waals surface area contributed by atoms with Gasteiger partial charge in [0.25, 0.3) is 0 Å². The number of rotatable bonds is 6. The highest BCUT2D eigenvalue weighted by atomic mass is 33.1. The molecular weight excluding hydrogens is 218 g/mol. The van der Waals surface area contributed by atoms with E-state index < -0.39 is 5.97 Å². The number of aliphatic carboxylic acids is 1. The van der Waals surface area contributed by atoms with E-state index in [9.17, 15) is 4.79 Å². The van der Waals surface area contributed by atoms with E-state index in [1.54, 1.807) is 21.6 Å². The van der Waals surface area contributed by atoms with Gasteiger partial charge in [-0.15, -0.1) is 0 Å². The Kier molecular flexibility index (Phi) is 5.78. The summed E-state index contributed by atoms with van der Waals surface area (Å²) in [6.07, 6.45) is 7.14. The Balaban J connectivity index is 2.01. The summed E-state index contributed by atoms with van der Waals surface area (Å²) in [5, 5.41) is 9.46. The number of hydrogen-bond acceptors (Lipinski definition) is 4. The molecule has 0 amide bonds. The normalized spacial score (nSPS) is 15.3. The summed E-state index contributed by atoms with van der Waals surface area (Å²) < 4.78 is 0. The number of nitrogens with zero attached hydrogens (tertiary/aromatic N) is 1. The zero-order chi connectivity index (χ0) is 10.2. The second-order valence-electron chi connectivity index (χ2n) is 2.83. The zero-order valence-corrected chi connectivity index (χ0v) is 9.44. The highest BCUT2D eigenvalue weighted by Crippen LogP contribution is 2.32. The van der Waals surface area contributed by atoms with Crippen molar-refractivity contribution in [2.75, 3.05) is 5.75 Å². The van der Waals surface area contributed by atoms with Crippen molar-refractivity contribution in [2.24, 2.45) is 4.99 Å². The van der Waals surface area contributed by atoms with E-state index in [2.05, 4.69) is 11.1 Å². The third kappa shape index (κ3) is 5.34. The topological polar surface area (TPSA) is 49.7 Å². The second-order valence-corrected chi connectivity index (χ2v) is 5.27. The molecule has 14 heavy (non-hydrogen) atoms. The Hall–Kier alpha value is -0.420. The Morgan fingerprint density at radius 1 is 1.57 bits per heavy atom. The monoisotopic (exact) mass is 231 g/mol. The predicted molar refractivity (Wildman–Crippen MR) is 62.7 cm³/mol. The Bertz CT molecular complexity index is 251. The van der Waals surface area contributed by atoms with Gasteiger partial charge in [-0.05, 0) is 30.1 Å². The standard InChI is InChI=1S/C9H13NO2S2/c11-9(12)5-3-7-13-14-8-4-1-2-6-10-8/h4,6H,1-3,5,7H2,(H,11,12). The molecular formula is C9H13NO2S2. The molecule has 0 spiro atoms. The maximum atomic E-state index is 10.2. The molecule has 0 saturated carbocycles. The van der Waals surface area contributed by atoms with E-state index in [4.69, 9.17) is 5.11 Å². The molecule has 0 aliphatic carbocycles. The first-order valence-corrected chi connectivity index (χ1v) is 6.85. The quantitative estimate of drug-likeness (QED) is 0.564. The molecule has 0 fully saturated rings. The van der Waals surface area contributed by atoms with Gasteiger partial charge in [0.05, 0.1) is 0 Å². The highest BCUT2D eigenvalue weighted by molar-refractivity contribution is 8.78. The zero-order valence-electron chi connectivity index (χ0n) is 7.81. The van der Waals surface area contributed by atoms with Gasteiger partial charge in [-0.2, -0.15) is 0 Å². The third-order valence-electron chi connectivity index (χ3n) is 1.60. The van der Waals surface area contributed by atoms with Gasteiger partial charge in [-0.3, -0.25) is 9.79 Å². The molecule has 0 aromatic rings. The molecule has 3 nitrogen and oxygen atoms in total. The SMILES string of the molecule is O=C(O)CCCSSC1=CCCC=N1. The molecule has 1 N–H and O–H groups in total. The van der Waals surface area contributed by atoms with Crippen molar-refractivity contribution in [3.8, 4) is 0 Å². The summed E-state index contributed by atoms with van der Waals surface area (Å²) in [7, 11) is 3.31. The molecule has 0 unspecified atom stereocenters. The second kappa shape index (κ2) is 6.95. The fourth-order valence-electron chi connectivity index (χ4n) is 0.928. The lowest BCUT2D eigenvalue weighted by atomic mass is 10.3. The van der Waals surface area contributed by atoms with Gasteiger partial charge in [0, 0.05) is 18.4 Å². The third-order valence-corrected chi connectivity index (χ3v) is 3.98. The van der Waals surface area contributed by atoms with Gasteiger partial charge in [0.2, 0.25) is 0 Å². The lowest BCUT2D eigenvalue weighted by Crippen LogP contribution is -1.94. The number of allylic oxidation sites excluding steroid dienone is 1. The number of carboxylic acids is 1. The maximum absolute atomic E-state index is 10.2. The van der Waals surface area contributed by atoms with Crippen LogP contribution in [-0.2, 0) is 4.79 Å². The van der Waals surface area contributed by atoms with Crippen molar-refractivity contribution >= 4 is 33.8 Å². The minimum Gasteiger partial charge on any atom is -0.481 e. The van der Waals surface area contributed by atoms with Gasteiger partial charge >= 0.3 is 5.97 Å². The van der Waals surface area contributed by atoms with Crippen molar-refractivity contribution < 1.29 is 9.90 Å². The number of carbonyl (C=O) groups is 1. The Labute approximate surface area is 91.5 Å². The van der Waals surface area contributed by atoms with E-state index in [1.807, 2.05) is 6.21 Å². The van der Waals surface area contributed by atoms with Crippen molar-refractivity contribution in [1.29, 1.82) is 0 Å². The fraction of sp³-hybridized carbons (Fsp3) is 0.556. The summed E-state index contributed by atoms with van der Waals surface area (Å²) in [5.74, 6) is 0.148. The van der Waals surface area contributed by atoms with Gasteiger partial charge in [-0.25, -0.2) is 0 Å². The molecule has 0 saturated heterocycles. The smallest absolute Gasteiger partial charge is 0.303 e. The average molecular weight is 231 g/mol. The van der Waals surface area contributed by atoms with Crippen LogP contribution in [0.1, 0.15) is 25.7 Å². The van der Waals surface area contributed by atoms with Crippen LogP contribution in [-0.4, -0.2) is 23.0 Å². The predicted octanol–water partition coefficient (Wildman–Crippen LogP) is 2.94. The molecule has 1 aliphatic rings. The molecule has 1 aliphatic heterocycles. The minimum absolute atomic E-state index is 0.260. The number of aliphatic imine (C=N–C) groups is 1. The van der Waals surface area contributed by atoms with Crippen LogP contribution in [0, 0.1) is 0 Å². The van der Waals surface area contributed by atoms with Gasteiger partial charge < -0.3 is 5.11 Å².